The second-order valence-electron chi connectivity index (χ2n) is 16.7. The van der Waals surface area contributed by atoms with Gasteiger partial charge < -0.3 is 23.7 Å². The maximum atomic E-state index is 14.0. The van der Waals surface area contributed by atoms with Crippen molar-refractivity contribution in [1.29, 1.82) is 0 Å². The topological polar surface area (TPSA) is 160 Å². The summed E-state index contributed by atoms with van der Waals surface area (Å²) in [5.74, 6) is -2.19. The number of nitrogens with zero attached hydrogens (tertiary/aromatic N) is 8. The molecule has 0 aliphatic carbocycles. The Kier molecular flexibility index (Phi) is 11.6. The smallest absolute Gasteiger partial charge is 0.306 e. The number of ether oxygens (including phenoxy) is 1. The summed E-state index contributed by atoms with van der Waals surface area (Å²) in [5, 5.41) is 2.75. The van der Waals surface area contributed by atoms with Gasteiger partial charge in [0.2, 0.25) is 5.91 Å². The predicted octanol–water partition coefficient (Wildman–Crippen LogP) is 5.92. The number of rotatable bonds is 16. The maximum absolute atomic E-state index is 14.0. The molecule has 2 aromatic heterocycles. The first-order valence-corrected chi connectivity index (χ1v) is 20.8. The SMILES string of the molecule is CN(CCCN(CCN1C(=O)c2cccc3c(-n4ccnc4)ccc(c23)C1=O)C(=O)CCCC(=O)OC(C)(C)C)CCN1C(=O)c2cccc3c(-n4ccnc4)ccc(c23)C1=O. The van der Waals surface area contributed by atoms with Crippen LogP contribution in [0.1, 0.15) is 87.9 Å². The van der Waals surface area contributed by atoms with Crippen molar-refractivity contribution in [3.63, 3.8) is 0 Å². The van der Waals surface area contributed by atoms with Gasteiger partial charge in [-0.3, -0.25) is 38.6 Å². The molecular weight excluding hydrogens is 789 g/mol. The lowest BCUT2D eigenvalue weighted by atomic mass is 9.93. The highest BCUT2D eigenvalue weighted by atomic mass is 16.6. The molecule has 0 fully saturated rings. The van der Waals surface area contributed by atoms with E-state index < -0.39 is 23.4 Å². The van der Waals surface area contributed by atoms with Gasteiger partial charge in [-0.25, -0.2) is 9.97 Å². The lowest BCUT2D eigenvalue weighted by molar-refractivity contribution is -0.155. The van der Waals surface area contributed by atoms with Crippen LogP contribution in [-0.2, 0) is 14.3 Å². The highest BCUT2D eigenvalue weighted by Gasteiger charge is 2.35. The van der Waals surface area contributed by atoms with Gasteiger partial charge in [0.25, 0.3) is 23.6 Å². The van der Waals surface area contributed by atoms with Crippen LogP contribution in [0.25, 0.3) is 32.9 Å². The standard InChI is InChI=1S/C47H48N8O7/c1-47(2,3)62-40(57)14-7-13-39(56)51(26-28-55-44(59)34-12-6-10-32-38(53-24-20-49-30-53)18-16-36(42(32)34)46(55)61)22-8-21-50(4)25-27-54-43(58)33-11-5-9-31-37(52-23-19-48-29-52)17-15-35(41(31)33)45(54)60/h5-6,9-12,15-20,23-24,29-30H,7-8,13-14,21-22,25-28H2,1-4H3. The first-order valence-electron chi connectivity index (χ1n) is 20.8. The number of carbonyl (C=O) groups is 6. The lowest BCUT2D eigenvalue weighted by Crippen LogP contribution is -2.46. The van der Waals surface area contributed by atoms with E-state index in [0.29, 0.717) is 59.1 Å². The maximum Gasteiger partial charge on any atom is 0.306 e. The van der Waals surface area contributed by atoms with E-state index in [0.717, 1.165) is 22.1 Å². The van der Waals surface area contributed by atoms with Gasteiger partial charge in [-0.15, -0.1) is 0 Å². The van der Waals surface area contributed by atoms with E-state index in [9.17, 15) is 28.8 Å². The third-order valence-corrected chi connectivity index (χ3v) is 11.3. The van der Waals surface area contributed by atoms with E-state index in [2.05, 4.69) is 9.97 Å². The van der Waals surface area contributed by atoms with Gasteiger partial charge in [0.1, 0.15) is 5.60 Å². The highest BCUT2D eigenvalue weighted by Crippen LogP contribution is 2.35. The molecule has 8 rings (SSSR count). The third-order valence-electron chi connectivity index (χ3n) is 11.3. The van der Waals surface area contributed by atoms with Crippen LogP contribution in [-0.4, -0.2) is 126 Å². The van der Waals surface area contributed by atoms with Gasteiger partial charge in [-0.1, -0.05) is 24.3 Å². The number of amides is 5. The summed E-state index contributed by atoms with van der Waals surface area (Å²) in [6.07, 6.45) is 11.2. The number of imide groups is 2. The first kappa shape index (κ1) is 41.7. The molecule has 6 aromatic rings. The Morgan fingerprint density at radius 2 is 1.11 bits per heavy atom. The number of carbonyl (C=O) groups excluding carboxylic acids is 6. The Morgan fingerprint density at radius 1 is 0.613 bits per heavy atom. The number of imidazole rings is 2. The number of likely N-dealkylation sites (N-methyl/N-ethyl adjacent to an activating group) is 1. The molecule has 4 aromatic carbocycles. The summed E-state index contributed by atoms with van der Waals surface area (Å²) in [6.45, 7) is 6.82. The van der Waals surface area contributed by atoms with E-state index in [4.69, 9.17) is 4.74 Å². The normalized spacial score (nSPS) is 13.8. The average Bonchev–Trinajstić information content (AvgIpc) is 3.99. The Hall–Kier alpha value is -7.00. The summed E-state index contributed by atoms with van der Waals surface area (Å²) in [7, 11) is 1.89. The molecule has 0 N–H and O–H groups in total. The molecule has 318 valence electrons. The number of hydrogen-bond donors (Lipinski definition) is 0. The summed E-state index contributed by atoms with van der Waals surface area (Å²) in [6, 6.07) is 18.0. The molecule has 5 amide bonds. The third kappa shape index (κ3) is 8.22. The van der Waals surface area contributed by atoms with Gasteiger partial charge in [-0.05, 0) is 83.6 Å². The van der Waals surface area contributed by atoms with Crippen molar-refractivity contribution < 1.29 is 33.5 Å². The van der Waals surface area contributed by atoms with Crippen LogP contribution in [0.4, 0.5) is 0 Å². The highest BCUT2D eigenvalue weighted by molar-refractivity contribution is 6.27. The van der Waals surface area contributed by atoms with Gasteiger partial charge >= 0.3 is 5.97 Å². The number of esters is 1. The Labute approximate surface area is 358 Å². The molecule has 0 atom stereocenters. The zero-order chi connectivity index (χ0) is 43.7. The van der Waals surface area contributed by atoms with Crippen molar-refractivity contribution in [1.82, 2.24) is 38.7 Å². The largest absolute Gasteiger partial charge is 0.460 e. The van der Waals surface area contributed by atoms with E-state index >= 15 is 0 Å². The minimum atomic E-state index is -0.644. The van der Waals surface area contributed by atoms with E-state index in [1.54, 1.807) is 87.2 Å². The van der Waals surface area contributed by atoms with Crippen molar-refractivity contribution in [2.45, 2.75) is 52.1 Å². The Bertz CT molecular complexity index is 2680. The van der Waals surface area contributed by atoms with Crippen molar-refractivity contribution in [2.24, 2.45) is 0 Å². The first-order chi connectivity index (χ1) is 29.8. The number of aromatic nitrogens is 4. The number of hydrogen-bond acceptors (Lipinski definition) is 10. The lowest BCUT2D eigenvalue weighted by Gasteiger charge is -2.31. The van der Waals surface area contributed by atoms with E-state index in [-0.39, 0.29) is 56.6 Å². The molecule has 62 heavy (non-hydrogen) atoms. The minimum absolute atomic E-state index is 0.0262. The molecule has 15 nitrogen and oxygen atoms in total. The van der Waals surface area contributed by atoms with Crippen LogP contribution in [0.5, 0.6) is 0 Å². The van der Waals surface area contributed by atoms with E-state index in [1.165, 1.54) is 9.80 Å². The van der Waals surface area contributed by atoms with Crippen LogP contribution < -0.4 is 0 Å². The quantitative estimate of drug-likeness (QED) is 0.0846. The zero-order valence-electron chi connectivity index (χ0n) is 35.2. The van der Waals surface area contributed by atoms with Gasteiger partial charge in [0, 0.05) is 114 Å². The Balaban J connectivity index is 0.920. The molecule has 4 heterocycles. The average molecular weight is 837 g/mol. The predicted molar refractivity (Wildman–Crippen MR) is 231 cm³/mol. The van der Waals surface area contributed by atoms with Gasteiger partial charge in [0.15, 0.2) is 0 Å². The summed E-state index contributed by atoms with van der Waals surface area (Å²) in [4.78, 5) is 96.1. The second-order valence-corrected chi connectivity index (χ2v) is 16.7. The number of benzene rings is 4. The second kappa shape index (κ2) is 17.2. The summed E-state index contributed by atoms with van der Waals surface area (Å²) >= 11 is 0. The fourth-order valence-electron chi connectivity index (χ4n) is 8.35. The fraction of sp³-hybridized carbons (Fsp3) is 0.319. The molecule has 0 unspecified atom stereocenters. The molecular formula is C47H48N8O7. The summed E-state index contributed by atoms with van der Waals surface area (Å²) < 4.78 is 9.11. The van der Waals surface area contributed by atoms with Crippen molar-refractivity contribution in [3.8, 4) is 11.4 Å². The molecule has 0 saturated carbocycles. The summed E-state index contributed by atoms with van der Waals surface area (Å²) in [5.41, 5.74) is 2.71. The molecule has 2 aliphatic heterocycles. The monoisotopic (exact) mass is 836 g/mol. The van der Waals surface area contributed by atoms with Crippen molar-refractivity contribution in [2.75, 3.05) is 46.3 Å². The van der Waals surface area contributed by atoms with Crippen molar-refractivity contribution >= 4 is 57.1 Å². The van der Waals surface area contributed by atoms with Crippen LogP contribution in [0.2, 0.25) is 0 Å². The van der Waals surface area contributed by atoms with Gasteiger partial charge in [0.05, 0.1) is 24.0 Å². The fourth-order valence-corrected chi connectivity index (χ4v) is 8.35. The van der Waals surface area contributed by atoms with E-state index in [1.807, 2.05) is 57.6 Å². The zero-order valence-corrected chi connectivity index (χ0v) is 35.2. The molecule has 0 spiro atoms. The molecule has 0 saturated heterocycles. The van der Waals surface area contributed by atoms with Crippen LogP contribution in [0, 0.1) is 0 Å². The minimum Gasteiger partial charge on any atom is -0.460 e. The van der Waals surface area contributed by atoms with Crippen LogP contribution in [0.3, 0.4) is 0 Å². The molecule has 2 aliphatic rings. The Morgan fingerprint density at radius 3 is 1.60 bits per heavy atom. The van der Waals surface area contributed by atoms with Crippen molar-refractivity contribution in [3.05, 3.63) is 120 Å². The van der Waals surface area contributed by atoms with Crippen LogP contribution >= 0.6 is 0 Å². The molecule has 15 heteroatoms. The van der Waals surface area contributed by atoms with Gasteiger partial charge in [-0.2, -0.15) is 0 Å². The molecule has 0 bridgehead atoms. The van der Waals surface area contributed by atoms with Crippen LogP contribution in [0.15, 0.2) is 98.1 Å². The molecule has 0 radical (unpaired) electrons.